The first-order valence-electron chi connectivity index (χ1n) is 14.7. The number of carboxylic acids is 1. The number of nitrogens with zero attached hydrogens (tertiary/aromatic N) is 1. The molecule has 1 fully saturated rings. The van der Waals surface area contributed by atoms with Crippen molar-refractivity contribution in [1.29, 1.82) is 0 Å². The number of hydrogen-bond donors (Lipinski definition) is 3. The molecule has 220 valence electrons. The first-order chi connectivity index (χ1) is 20.3. The van der Waals surface area contributed by atoms with Crippen molar-refractivity contribution in [2.75, 3.05) is 26.2 Å². The molecule has 1 saturated heterocycles. The van der Waals surface area contributed by atoms with Crippen LogP contribution in [0.5, 0.6) is 0 Å². The minimum atomic E-state index is -1.11. The fourth-order valence-corrected chi connectivity index (χ4v) is 6.08. The molecule has 2 aliphatic rings. The lowest BCUT2D eigenvalue weighted by atomic mass is 9.86. The molecule has 1 atom stereocenters. The van der Waals surface area contributed by atoms with Gasteiger partial charge in [-0.15, -0.1) is 0 Å². The highest BCUT2D eigenvalue weighted by atomic mass is 16.5. The van der Waals surface area contributed by atoms with Crippen LogP contribution in [0.1, 0.15) is 55.2 Å². The van der Waals surface area contributed by atoms with Crippen molar-refractivity contribution >= 4 is 18.0 Å². The standard InChI is InChI=1S/C34H39N3O5/c1-24(15-16-31(38)39)21-35-32(40)34(17-19-37(20-18-34)22-25-9-3-2-4-10-25)36-33(41)42-23-30-28-13-7-5-11-26(28)27-12-6-8-14-29(27)30/h2-14,24,30H,15-23H2,1H3,(H,35,40)(H,36,41)(H,38,39). The quantitative estimate of drug-likeness (QED) is 0.294. The summed E-state index contributed by atoms with van der Waals surface area (Å²) in [4.78, 5) is 40.2. The number of carboxylic acid groups (broad SMARTS) is 1. The zero-order chi connectivity index (χ0) is 29.5. The number of aliphatic carboxylic acids is 1. The molecule has 1 aliphatic carbocycles. The fraction of sp³-hybridized carbons (Fsp3) is 0.382. The van der Waals surface area contributed by atoms with E-state index in [-0.39, 0.29) is 30.8 Å². The molecule has 0 bridgehead atoms. The predicted octanol–water partition coefficient (Wildman–Crippen LogP) is 5.18. The molecule has 0 saturated carbocycles. The molecule has 5 rings (SSSR count). The molecule has 0 spiro atoms. The van der Waals surface area contributed by atoms with Gasteiger partial charge in [0.25, 0.3) is 0 Å². The summed E-state index contributed by atoms with van der Waals surface area (Å²) in [5, 5.41) is 15.0. The van der Waals surface area contributed by atoms with Crippen LogP contribution in [0.15, 0.2) is 78.9 Å². The Hall–Kier alpha value is -4.17. The smallest absolute Gasteiger partial charge is 0.408 e. The summed E-state index contributed by atoms with van der Waals surface area (Å²) >= 11 is 0. The Morgan fingerprint density at radius 3 is 2.14 bits per heavy atom. The Morgan fingerprint density at radius 1 is 0.929 bits per heavy atom. The van der Waals surface area contributed by atoms with Gasteiger partial charge in [0.1, 0.15) is 12.1 Å². The van der Waals surface area contributed by atoms with Crippen LogP contribution in [-0.2, 0) is 20.9 Å². The lowest BCUT2D eigenvalue weighted by molar-refractivity contribution is -0.137. The van der Waals surface area contributed by atoms with E-state index < -0.39 is 17.6 Å². The molecule has 1 heterocycles. The van der Waals surface area contributed by atoms with Crippen LogP contribution >= 0.6 is 0 Å². The molecule has 3 N–H and O–H groups in total. The van der Waals surface area contributed by atoms with E-state index in [2.05, 4.69) is 51.9 Å². The van der Waals surface area contributed by atoms with Gasteiger partial charge in [-0.05, 0) is 53.0 Å². The summed E-state index contributed by atoms with van der Waals surface area (Å²) in [6.07, 6.45) is 0.795. The van der Waals surface area contributed by atoms with Gasteiger partial charge in [0.15, 0.2) is 0 Å². The first-order valence-corrected chi connectivity index (χ1v) is 14.7. The highest BCUT2D eigenvalue weighted by molar-refractivity contribution is 5.90. The van der Waals surface area contributed by atoms with Crippen molar-refractivity contribution in [1.82, 2.24) is 15.5 Å². The van der Waals surface area contributed by atoms with Gasteiger partial charge in [-0.3, -0.25) is 14.5 Å². The van der Waals surface area contributed by atoms with Gasteiger partial charge in [0, 0.05) is 38.5 Å². The van der Waals surface area contributed by atoms with E-state index in [4.69, 9.17) is 9.84 Å². The van der Waals surface area contributed by atoms with Crippen LogP contribution < -0.4 is 10.6 Å². The summed E-state index contributed by atoms with van der Waals surface area (Å²) in [5.41, 5.74) is 4.65. The normalized spacial score (nSPS) is 16.6. The molecule has 1 unspecified atom stereocenters. The molecule has 3 aromatic carbocycles. The van der Waals surface area contributed by atoms with E-state index in [0.717, 1.165) is 28.8 Å². The maximum absolute atomic E-state index is 13.6. The molecule has 2 amide bonds. The van der Waals surface area contributed by atoms with Gasteiger partial charge in [-0.2, -0.15) is 0 Å². The molecule has 1 aliphatic heterocycles. The van der Waals surface area contributed by atoms with E-state index in [1.54, 1.807) is 0 Å². The van der Waals surface area contributed by atoms with Crippen molar-refractivity contribution in [3.05, 3.63) is 95.6 Å². The molecule has 8 heteroatoms. The summed E-state index contributed by atoms with van der Waals surface area (Å²) in [6.45, 7) is 4.48. The van der Waals surface area contributed by atoms with Crippen LogP contribution in [-0.4, -0.2) is 59.8 Å². The number of likely N-dealkylation sites (tertiary alicyclic amines) is 1. The maximum Gasteiger partial charge on any atom is 0.408 e. The van der Waals surface area contributed by atoms with Crippen LogP contribution in [0.4, 0.5) is 4.79 Å². The number of benzene rings is 3. The van der Waals surface area contributed by atoms with Crippen LogP contribution in [0, 0.1) is 5.92 Å². The molecular formula is C34H39N3O5. The summed E-state index contributed by atoms with van der Waals surface area (Å²) in [6, 6.07) is 26.5. The summed E-state index contributed by atoms with van der Waals surface area (Å²) in [7, 11) is 0. The number of carbonyl (C=O) groups excluding carboxylic acids is 2. The molecule has 0 aromatic heterocycles. The third-order valence-corrected chi connectivity index (χ3v) is 8.54. The minimum Gasteiger partial charge on any atom is -0.481 e. The summed E-state index contributed by atoms with van der Waals surface area (Å²) < 4.78 is 5.82. The Kier molecular flexibility index (Phi) is 9.22. The number of fused-ring (bicyclic) bond motifs is 3. The average molecular weight is 570 g/mol. The largest absolute Gasteiger partial charge is 0.481 e. The van der Waals surface area contributed by atoms with Gasteiger partial charge < -0.3 is 20.5 Å². The Morgan fingerprint density at radius 2 is 1.52 bits per heavy atom. The second kappa shape index (κ2) is 13.2. The van der Waals surface area contributed by atoms with E-state index in [1.807, 2.05) is 49.4 Å². The zero-order valence-corrected chi connectivity index (χ0v) is 24.1. The van der Waals surface area contributed by atoms with Gasteiger partial charge in [0.05, 0.1) is 0 Å². The Labute approximate surface area is 247 Å². The number of piperidine rings is 1. The van der Waals surface area contributed by atoms with Crippen molar-refractivity contribution in [3.8, 4) is 11.1 Å². The van der Waals surface area contributed by atoms with Crippen molar-refractivity contribution in [2.45, 2.75) is 50.6 Å². The van der Waals surface area contributed by atoms with Gasteiger partial charge in [-0.1, -0.05) is 85.8 Å². The second-order valence-electron chi connectivity index (χ2n) is 11.5. The maximum atomic E-state index is 13.6. The van der Waals surface area contributed by atoms with Gasteiger partial charge >= 0.3 is 12.1 Å². The van der Waals surface area contributed by atoms with E-state index in [0.29, 0.717) is 38.9 Å². The Balaban J connectivity index is 1.25. The van der Waals surface area contributed by atoms with Crippen LogP contribution in [0.2, 0.25) is 0 Å². The van der Waals surface area contributed by atoms with E-state index in [9.17, 15) is 14.4 Å². The van der Waals surface area contributed by atoms with Crippen LogP contribution in [0.25, 0.3) is 11.1 Å². The molecule has 0 radical (unpaired) electrons. The zero-order valence-electron chi connectivity index (χ0n) is 24.1. The SMILES string of the molecule is CC(CCC(=O)O)CNC(=O)C1(NC(=O)OCC2c3ccccc3-c3ccccc32)CCN(Cc2ccccc2)CC1. The number of hydrogen-bond acceptors (Lipinski definition) is 5. The fourth-order valence-electron chi connectivity index (χ4n) is 6.08. The van der Waals surface area contributed by atoms with Gasteiger partial charge in [-0.25, -0.2) is 4.79 Å². The number of carbonyl (C=O) groups is 3. The predicted molar refractivity (Wildman–Crippen MR) is 161 cm³/mol. The minimum absolute atomic E-state index is 0.00488. The lowest BCUT2D eigenvalue weighted by Gasteiger charge is -2.41. The summed E-state index contributed by atoms with van der Waals surface area (Å²) in [5.74, 6) is -1.18. The topological polar surface area (TPSA) is 108 Å². The number of rotatable bonds is 11. The third-order valence-electron chi connectivity index (χ3n) is 8.54. The molecular weight excluding hydrogens is 530 g/mol. The van der Waals surface area contributed by atoms with Crippen molar-refractivity contribution < 1.29 is 24.2 Å². The van der Waals surface area contributed by atoms with Gasteiger partial charge in [0.2, 0.25) is 5.91 Å². The van der Waals surface area contributed by atoms with Crippen molar-refractivity contribution in [3.63, 3.8) is 0 Å². The van der Waals surface area contributed by atoms with Crippen molar-refractivity contribution in [2.24, 2.45) is 5.92 Å². The average Bonchev–Trinajstić information content (AvgIpc) is 3.33. The lowest BCUT2D eigenvalue weighted by Crippen LogP contribution is -2.63. The first kappa shape index (κ1) is 29.3. The molecule has 42 heavy (non-hydrogen) atoms. The number of ether oxygens (including phenoxy) is 1. The Bertz CT molecular complexity index is 1360. The molecule has 3 aromatic rings. The number of amides is 2. The van der Waals surface area contributed by atoms with E-state index in [1.165, 1.54) is 5.56 Å². The van der Waals surface area contributed by atoms with Crippen LogP contribution in [0.3, 0.4) is 0 Å². The number of alkyl carbamates (subject to hydrolysis) is 1. The molecule has 8 nitrogen and oxygen atoms in total. The monoisotopic (exact) mass is 569 g/mol. The highest BCUT2D eigenvalue weighted by Gasteiger charge is 2.43. The highest BCUT2D eigenvalue weighted by Crippen LogP contribution is 2.44. The second-order valence-corrected chi connectivity index (χ2v) is 11.5. The third kappa shape index (κ3) is 6.82. The number of nitrogens with one attached hydrogen (secondary N) is 2. The van der Waals surface area contributed by atoms with E-state index >= 15 is 0 Å².